The average molecular weight is 179 g/mol. The van der Waals surface area contributed by atoms with E-state index in [1.54, 1.807) is 0 Å². The Kier molecular flexibility index (Phi) is 1.88. The highest BCUT2D eigenvalue weighted by atomic mass is 16.5. The highest BCUT2D eigenvalue weighted by Crippen LogP contribution is 2.36. The number of phenols is 1. The third kappa shape index (κ3) is 1.16. The Morgan fingerprint density at radius 1 is 1.62 bits per heavy atom. The second-order valence-electron chi connectivity index (χ2n) is 3.30. The van der Waals surface area contributed by atoms with Crippen LogP contribution < -0.4 is 10.5 Å². The van der Waals surface area contributed by atoms with Crippen LogP contribution in [0.5, 0.6) is 11.5 Å². The molecule has 0 saturated carbocycles. The van der Waals surface area contributed by atoms with Crippen LogP contribution in [0.25, 0.3) is 0 Å². The van der Waals surface area contributed by atoms with E-state index >= 15 is 0 Å². The molecule has 1 aromatic carbocycles. The van der Waals surface area contributed by atoms with Gasteiger partial charge in [0.2, 0.25) is 0 Å². The minimum atomic E-state index is 0.326. The number of hydrogen-bond acceptors (Lipinski definition) is 3. The van der Waals surface area contributed by atoms with E-state index in [9.17, 15) is 5.11 Å². The van der Waals surface area contributed by atoms with E-state index in [-0.39, 0.29) is 0 Å². The lowest BCUT2D eigenvalue weighted by Crippen LogP contribution is -2.01. The number of fused-ring (bicyclic) bond motifs is 1. The average Bonchev–Trinajstić information content (AvgIpc) is 2.54. The molecule has 1 heterocycles. The summed E-state index contributed by atoms with van der Waals surface area (Å²) in [5, 5.41) is 9.73. The van der Waals surface area contributed by atoms with Gasteiger partial charge in [0.1, 0.15) is 11.5 Å². The molecule has 0 amide bonds. The third-order valence-corrected chi connectivity index (χ3v) is 2.48. The maximum absolute atomic E-state index is 9.73. The summed E-state index contributed by atoms with van der Waals surface area (Å²) >= 11 is 0. The first-order valence-corrected chi connectivity index (χ1v) is 4.41. The Morgan fingerprint density at radius 2 is 2.38 bits per heavy atom. The molecule has 0 aromatic heterocycles. The molecule has 13 heavy (non-hydrogen) atoms. The number of rotatable bonds is 1. The number of ether oxygens (including phenoxy) is 1. The van der Waals surface area contributed by atoms with Crippen LogP contribution in [0, 0.1) is 6.92 Å². The summed E-state index contributed by atoms with van der Waals surface area (Å²) in [6.07, 6.45) is 0.857. The quantitative estimate of drug-likeness (QED) is 0.678. The Bertz CT molecular complexity index is 347. The van der Waals surface area contributed by atoms with Crippen LogP contribution in [0.2, 0.25) is 0 Å². The highest BCUT2D eigenvalue weighted by molar-refractivity contribution is 5.54. The number of phenolic OH excluding ortho intramolecular Hbond substituents is 1. The summed E-state index contributed by atoms with van der Waals surface area (Å²) in [6, 6.07) is 1.87. The van der Waals surface area contributed by atoms with Gasteiger partial charge in [-0.3, -0.25) is 0 Å². The maximum atomic E-state index is 9.73. The SMILES string of the molecule is Cc1cc2c(c(CN)c1O)CCO2. The van der Waals surface area contributed by atoms with E-state index in [1.807, 2.05) is 13.0 Å². The molecule has 0 radical (unpaired) electrons. The molecule has 3 heteroatoms. The minimum Gasteiger partial charge on any atom is -0.507 e. The van der Waals surface area contributed by atoms with Crippen LogP contribution in [0.15, 0.2) is 6.07 Å². The monoisotopic (exact) mass is 179 g/mol. The van der Waals surface area contributed by atoms with Crippen LogP contribution in [0.3, 0.4) is 0 Å². The number of aryl methyl sites for hydroxylation is 1. The van der Waals surface area contributed by atoms with E-state index in [0.717, 1.165) is 28.9 Å². The molecule has 3 nitrogen and oxygen atoms in total. The Morgan fingerprint density at radius 3 is 3.08 bits per heavy atom. The predicted octanol–water partition coefficient (Wildman–Crippen LogP) is 1.09. The molecule has 3 N–H and O–H groups in total. The standard InChI is InChI=1S/C10H13NO2/c1-6-4-9-7(2-3-13-9)8(5-11)10(6)12/h4,12H,2-3,5,11H2,1H3. The Balaban J connectivity index is 2.64. The second kappa shape index (κ2) is 2.92. The summed E-state index contributed by atoms with van der Waals surface area (Å²) in [4.78, 5) is 0. The molecule has 1 aromatic rings. The number of nitrogens with two attached hydrogens (primary N) is 1. The van der Waals surface area contributed by atoms with Gasteiger partial charge < -0.3 is 15.6 Å². The van der Waals surface area contributed by atoms with Crippen LogP contribution in [-0.4, -0.2) is 11.7 Å². The Labute approximate surface area is 77.1 Å². The third-order valence-electron chi connectivity index (χ3n) is 2.48. The van der Waals surface area contributed by atoms with Gasteiger partial charge in [-0.1, -0.05) is 0 Å². The summed E-state index contributed by atoms with van der Waals surface area (Å²) < 4.78 is 5.41. The molecule has 1 aliphatic rings. The van der Waals surface area contributed by atoms with Gasteiger partial charge in [0.15, 0.2) is 0 Å². The lowest BCUT2D eigenvalue weighted by Gasteiger charge is -2.09. The molecule has 0 saturated heterocycles. The van der Waals surface area contributed by atoms with Crippen molar-refractivity contribution in [3.63, 3.8) is 0 Å². The first-order chi connectivity index (χ1) is 6.24. The molecular formula is C10H13NO2. The van der Waals surface area contributed by atoms with Crippen molar-refractivity contribution < 1.29 is 9.84 Å². The fourth-order valence-corrected chi connectivity index (χ4v) is 1.77. The van der Waals surface area contributed by atoms with E-state index in [0.29, 0.717) is 18.9 Å². The highest BCUT2D eigenvalue weighted by Gasteiger charge is 2.19. The first kappa shape index (κ1) is 8.38. The zero-order chi connectivity index (χ0) is 9.42. The van der Waals surface area contributed by atoms with Crippen molar-refractivity contribution in [2.45, 2.75) is 19.9 Å². The minimum absolute atomic E-state index is 0.326. The molecule has 0 spiro atoms. The fraction of sp³-hybridized carbons (Fsp3) is 0.400. The van der Waals surface area contributed by atoms with Gasteiger partial charge in [-0.2, -0.15) is 0 Å². The lowest BCUT2D eigenvalue weighted by atomic mass is 10.0. The molecule has 2 rings (SSSR count). The van der Waals surface area contributed by atoms with E-state index < -0.39 is 0 Å². The molecule has 0 fully saturated rings. The second-order valence-corrected chi connectivity index (χ2v) is 3.30. The van der Waals surface area contributed by atoms with Gasteiger partial charge in [-0.25, -0.2) is 0 Å². The van der Waals surface area contributed by atoms with Gasteiger partial charge in [-0.15, -0.1) is 0 Å². The van der Waals surface area contributed by atoms with E-state index in [4.69, 9.17) is 10.5 Å². The van der Waals surface area contributed by atoms with Crippen molar-refractivity contribution in [2.24, 2.45) is 5.73 Å². The lowest BCUT2D eigenvalue weighted by molar-refractivity contribution is 0.356. The number of hydrogen-bond donors (Lipinski definition) is 2. The fourth-order valence-electron chi connectivity index (χ4n) is 1.77. The van der Waals surface area contributed by atoms with Crippen molar-refractivity contribution in [1.82, 2.24) is 0 Å². The molecule has 0 atom stereocenters. The zero-order valence-electron chi connectivity index (χ0n) is 7.63. The molecule has 70 valence electrons. The number of aromatic hydroxyl groups is 1. The number of benzene rings is 1. The van der Waals surface area contributed by atoms with Crippen molar-refractivity contribution in [3.05, 3.63) is 22.8 Å². The first-order valence-electron chi connectivity index (χ1n) is 4.41. The van der Waals surface area contributed by atoms with Crippen molar-refractivity contribution in [3.8, 4) is 11.5 Å². The summed E-state index contributed by atoms with van der Waals surface area (Å²) in [6.45, 7) is 2.93. The van der Waals surface area contributed by atoms with Crippen LogP contribution in [0.4, 0.5) is 0 Å². The smallest absolute Gasteiger partial charge is 0.123 e. The molecule has 0 bridgehead atoms. The Hall–Kier alpha value is -1.22. The van der Waals surface area contributed by atoms with Crippen molar-refractivity contribution in [2.75, 3.05) is 6.61 Å². The van der Waals surface area contributed by atoms with E-state index in [2.05, 4.69) is 0 Å². The maximum Gasteiger partial charge on any atom is 0.123 e. The largest absolute Gasteiger partial charge is 0.507 e. The predicted molar refractivity (Wildman–Crippen MR) is 49.9 cm³/mol. The molecule has 1 aliphatic heterocycles. The van der Waals surface area contributed by atoms with Gasteiger partial charge in [0.25, 0.3) is 0 Å². The van der Waals surface area contributed by atoms with Gasteiger partial charge in [0.05, 0.1) is 6.61 Å². The van der Waals surface area contributed by atoms with Gasteiger partial charge in [-0.05, 0) is 18.6 Å². The van der Waals surface area contributed by atoms with Crippen LogP contribution >= 0.6 is 0 Å². The van der Waals surface area contributed by atoms with Crippen LogP contribution in [0.1, 0.15) is 16.7 Å². The summed E-state index contributed by atoms with van der Waals surface area (Å²) in [5.41, 5.74) is 8.33. The van der Waals surface area contributed by atoms with Crippen molar-refractivity contribution >= 4 is 0 Å². The normalized spacial score (nSPS) is 14.0. The summed E-state index contributed by atoms with van der Waals surface area (Å²) in [7, 11) is 0. The molecular weight excluding hydrogens is 166 g/mol. The van der Waals surface area contributed by atoms with E-state index in [1.165, 1.54) is 0 Å². The van der Waals surface area contributed by atoms with Crippen molar-refractivity contribution in [1.29, 1.82) is 0 Å². The topological polar surface area (TPSA) is 55.5 Å². The van der Waals surface area contributed by atoms with Gasteiger partial charge >= 0.3 is 0 Å². The van der Waals surface area contributed by atoms with Crippen LogP contribution in [-0.2, 0) is 13.0 Å². The zero-order valence-corrected chi connectivity index (χ0v) is 7.63. The molecule has 0 unspecified atom stereocenters. The van der Waals surface area contributed by atoms with Gasteiger partial charge in [0, 0.05) is 24.1 Å². The summed E-state index contributed by atoms with van der Waals surface area (Å²) in [5.74, 6) is 1.21. The molecule has 0 aliphatic carbocycles.